The summed E-state index contributed by atoms with van der Waals surface area (Å²) in [6, 6.07) is 3.68. The number of nitrogens with two attached hydrogens (primary N) is 1. The third-order valence-corrected chi connectivity index (χ3v) is 7.01. The van der Waals surface area contributed by atoms with Crippen LogP contribution in [0.25, 0.3) is 0 Å². The number of pyridine rings is 1. The molecule has 3 saturated carbocycles. The lowest BCUT2D eigenvalue weighted by Crippen LogP contribution is -2.54. The van der Waals surface area contributed by atoms with E-state index in [0.29, 0.717) is 4.60 Å². The highest BCUT2D eigenvalue weighted by atomic mass is 79.9. The fourth-order valence-electron chi connectivity index (χ4n) is 5.70. The summed E-state index contributed by atoms with van der Waals surface area (Å²) in [5.41, 5.74) is 5.80. The molecule has 4 rings (SSSR count). The monoisotopic (exact) mass is 378 g/mol. The van der Waals surface area contributed by atoms with Gasteiger partial charge in [0.1, 0.15) is 4.60 Å². The Balaban J connectivity index is 1.94. The van der Waals surface area contributed by atoms with E-state index in [-0.39, 0.29) is 23.2 Å². The van der Waals surface area contributed by atoms with Crippen LogP contribution in [-0.2, 0) is 19.7 Å². The maximum absolute atomic E-state index is 12.7. The Morgan fingerprint density at radius 1 is 1.35 bits per heavy atom. The number of methoxy groups -OCH3 is 1. The van der Waals surface area contributed by atoms with Crippen LogP contribution in [-0.4, -0.2) is 24.0 Å². The second-order valence-corrected chi connectivity index (χ2v) is 7.89. The summed E-state index contributed by atoms with van der Waals surface area (Å²) in [5, 5.41) is 0. The molecule has 0 radical (unpaired) electrons. The van der Waals surface area contributed by atoms with Crippen molar-refractivity contribution in [3.8, 4) is 0 Å². The van der Waals surface area contributed by atoms with Gasteiger partial charge in [-0.2, -0.15) is 0 Å². The number of rotatable bonds is 3. The van der Waals surface area contributed by atoms with Crippen molar-refractivity contribution in [1.29, 1.82) is 0 Å². The fourth-order valence-corrected chi connectivity index (χ4v) is 5.94. The number of esters is 1. The van der Waals surface area contributed by atoms with Crippen LogP contribution < -0.4 is 5.73 Å². The molecule has 4 atom stereocenters. The number of ether oxygens (including phenoxy) is 1. The SMILES string of the molecule is COC(=O)[C@@H]1[C@H]2CC[C@@H](C23CC3)[C@]1(C(N)=O)c1ccc(Br)nc1. The summed E-state index contributed by atoms with van der Waals surface area (Å²) in [5.74, 6) is -0.921. The molecule has 0 unspecified atom stereocenters. The number of primary amides is 1. The van der Waals surface area contributed by atoms with Crippen molar-refractivity contribution >= 4 is 27.8 Å². The summed E-state index contributed by atoms with van der Waals surface area (Å²) >= 11 is 3.32. The number of halogens is 1. The van der Waals surface area contributed by atoms with E-state index >= 15 is 0 Å². The molecule has 23 heavy (non-hydrogen) atoms. The number of hydrogen-bond acceptors (Lipinski definition) is 4. The van der Waals surface area contributed by atoms with Gasteiger partial charge in [-0.15, -0.1) is 0 Å². The first-order valence-corrected chi connectivity index (χ1v) is 8.77. The van der Waals surface area contributed by atoms with Gasteiger partial charge < -0.3 is 10.5 Å². The van der Waals surface area contributed by atoms with Gasteiger partial charge >= 0.3 is 5.97 Å². The zero-order valence-corrected chi connectivity index (χ0v) is 14.5. The second kappa shape index (κ2) is 4.79. The third-order valence-electron chi connectivity index (χ3n) is 6.54. The Bertz CT molecular complexity index is 686. The molecule has 2 bridgehead atoms. The highest BCUT2D eigenvalue weighted by Crippen LogP contribution is 2.78. The smallest absolute Gasteiger partial charge is 0.310 e. The number of carbonyl (C=O) groups excluding carboxylic acids is 2. The Hall–Kier alpha value is -1.43. The third kappa shape index (κ3) is 1.70. The minimum absolute atomic E-state index is 0.0982. The molecular formula is C17H19BrN2O3. The molecule has 3 fully saturated rings. The molecule has 0 aromatic carbocycles. The molecule has 0 aliphatic heterocycles. The lowest BCUT2D eigenvalue weighted by atomic mass is 9.61. The number of hydrogen-bond donors (Lipinski definition) is 1. The Morgan fingerprint density at radius 2 is 2.09 bits per heavy atom. The van der Waals surface area contributed by atoms with Gasteiger partial charge in [-0.25, -0.2) is 4.98 Å². The van der Waals surface area contributed by atoms with Gasteiger partial charge in [0, 0.05) is 6.20 Å². The molecule has 1 aromatic rings. The van der Waals surface area contributed by atoms with Crippen molar-refractivity contribution in [2.75, 3.05) is 7.11 Å². The molecule has 122 valence electrons. The van der Waals surface area contributed by atoms with Gasteiger partial charge in [0.25, 0.3) is 0 Å². The van der Waals surface area contributed by atoms with E-state index in [0.717, 1.165) is 31.2 Å². The normalized spacial score (nSPS) is 36.2. The zero-order valence-electron chi connectivity index (χ0n) is 12.9. The quantitative estimate of drug-likeness (QED) is 0.645. The molecule has 6 heteroatoms. The predicted molar refractivity (Wildman–Crippen MR) is 86.2 cm³/mol. The summed E-state index contributed by atoms with van der Waals surface area (Å²) in [6.45, 7) is 0. The van der Waals surface area contributed by atoms with Gasteiger partial charge in [-0.05, 0) is 70.5 Å². The summed E-state index contributed by atoms with van der Waals surface area (Å²) in [4.78, 5) is 29.6. The van der Waals surface area contributed by atoms with Crippen molar-refractivity contribution in [2.24, 2.45) is 28.9 Å². The first-order chi connectivity index (χ1) is 11.0. The summed E-state index contributed by atoms with van der Waals surface area (Å²) < 4.78 is 5.78. The summed E-state index contributed by atoms with van der Waals surface area (Å²) in [7, 11) is 1.39. The first kappa shape index (κ1) is 15.1. The molecule has 3 aliphatic carbocycles. The van der Waals surface area contributed by atoms with Gasteiger partial charge in [0.15, 0.2) is 0 Å². The van der Waals surface area contributed by atoms with Crippen molar-refractivity contribution < 1.29 is 14.3 Å². The molecule has 3 aliphatic rings. The minimum Gasteiger partial charge on any atom is -0.469 e. The minimum atomic E-state index is -0.986. The van der Waals surface area contributed by atoms with Crippen molar-refractivity contribution in [1.82, 2.24) is 4.98 Å². The maximum atomic E-state index is 12.7. The lowest BCUT2D eigenvalue weighted by molar-refractivity contribution is -0.154. The van der Waals surface area contributed by atoms with Crippen LogP contribution in [0.3, 0.4) is 0 Å². The Kier molecular flexibility index (Phi) is 3.15. The van der Waals surface area contributed by atoms with Crippen LogP contribution in [0.1, 0.15) is 31.2 Å². The molecule has 1 aromatic heterocycles. The van der Waals surface area contributed by atoms with Crippen LogP contribution in [0.15, 0.2) is 22.9 Å². The highest BCUT2D eigenvalue weighted by Gasteiger charge is 2.78. The second-order valence-electron chi connectivity index (χ2n) is 7.07. The summed E-state index contributed by atoms with van der Waals surface area (Å²) in [6.07, 6.45) is 5.76. The van der Waals surface area contributed by atoms with E-state index in [9.17, 15) is 9.59 Å². The van der Waals surface area contributed by atoms with E-state index in [1.165, 1.54) is 7.11 Å². The van der Waals surface area contributed by atoms with E-state index in [2.05, 4.69) is 20.9 Å². The molecule has 0 saturated heterocycles. The van der Waals surface area contributed by atoms with Crippen molar-refractivity contribution in [3.05, 3.63) is 28.5 Å². The van der Waals surface area contributed by atoms with Crippen LogP contribution in [0.4, 0.5) is 0 Å². The number of amides is 1. The van der Waals surface area contributed by atoms with Gasteiger partial charge in [0.05, 0.1) is 18.4 Å². The Labute approximate surface area is 143 Å². The van der Waals surface area contributed by atoms with Gasteiger partial charge in [0.2, 0.25) is 5.91 Å². The van der Waals surface area contributed by atoms with E-state index in [4.69, 9.17) is 10.5 Å². The molecule has 1 spiro atoms. The van der Waals surface area contributed by atoms with E-state index in [1.54, 1.807) is 12.3 Å². The molecule has 5 nitrogen and oxygen atoms in total. The molecular weight excluding hydrogens is 360 g/mol. The fraction of sp³-hybridized carbons (Fsp3) is 0.588. The van der Waals surface area contributed by atoms with Crippen LogP contribution in [0.5, 0.6) is 0 Å². The van der Waals surface area contributed by atoms with Crippen LogP contribution in [0, 0.1) is 23.2 Å². The van der Waals surface area contributed by atoms with E-state index in [1.807, 2.05) is 6.07 Å². The number of aromatic nitrogens is 1. The van der Waals surface area contributed by atoms with Gasteiger partial charge in [-0.1, -0.05) is 6.07 Å². The van der Waals surface area contributed by atoms with Crippen LogP contribution >= 0.6 is 15.9 Å². The lowest BCUT2D eigenvalue weighted by Gasteiger charge is -2.40. The Morgan fingerprint density at radius 3 is 2.61 bits per heavy atom. The first-order valence-electron chi connectivity index (χ1n) is 7.98. The standard InChI is InChI=1S/C17H19BrN2O3/c1-23-14(21)13-10-3-4-11(16(10)6-7-16)17(13,15(19)22)9-2-5-12(18)20-8-9/h2,5,8,10-11,13H,3-4,6-7H2,1H3,(H2,19,22)/t10-,11+,13+,17-/m1/s1. The average molecular weight is 379 g/mol. The van der Waals surface area contributed by atoms with Crippen molar-refractivity contribution in [3.63, 3.8) is 0 Å². The zero-order chi connectivity index (χ0) is 16.4. The molecule has 1 heterocycles. The molecule has 2 N–H and O–H groups in total. The maximum Gasteiger partial charge on any atom is 0.310 e. The van der Waals surface area contributed by atoms with Crippen LogP contribution in [0.2, 0.25) is 0 Å². The topological polar surface area (TPSA) is 82.3 Å². The van der Waals surface area contributed by atoms with Gasteiger partial charge in [-0.3, -0.25) is 9.59 Å². The highest BCUT2D eigenvalue weighted by molar-refractivity contribution is 9.10. The van der Waals surface area contributed by atoms with Crippen molar-refractivity contribution in [2.45, 2.75) is 31.1 Å². The number of nitrogens with zero attached hydrogens (tertiary/aromatic N) is 1. The van der Waals surface area contributed by atoms with E-state index < -0.39 is 17.2 Å². The molecule has 1 amide bonds. The largest absolute Gasteiger partial charge is 0.469 e. The number of carbonyl (C=O) groups is 2. The predicted octanol–water partition coefficient (Wildman–Crippen LogP) is 2.18. The average Bonchev–Trinajstić information content (AvgIpc) is 3.21.